The van der Waals surface area contributed by atoms with Crippen molar-refractivity contribution >= 4 is 0 Å². The Balaban J connectivity index is 1.61. The molecule has 2 heterocycles. The van der Waals surface area contributed by atoms with E-state index in [4.69, 9.17) is 0 Å². The zero-order chi connectivity index (χ0) is 13.1. The first-order valence-electron chi connectivity index (χ1n) is 7.48. The van der Waals surface area contributed by atoms with Crippen LogP contribution >= 0.6 is 0 Å². The summed E-state index contributed by atoms with van der Waals surface area (Å²) in [7, 11) is 0. The van der Waals surface area contributed by atoms with E-state index in [0.717, 1.165) is 39.1 Å². The number of likely N-dealkylation sites (tertiary alicyclic amines) is 1. The Morgan fingerprint density at radius 3 is 2.79 bits per heavy atom. The Morgan fingerprint density at radius 1 is 1.21 bits per heavy atom. The number of aliphatic hydroxyl groups is 1. The molecule has 3 unspecified atom stereocenters. The molecule has 2 fully saturated rings. The van der Waals surface area contributed by atoms with Crippen LogP contribution in [0.2, 0.25) is 0 Å². The number of piperidine rings is 1. The molecular formula is C16H24N2O. The predicted octanol–water partition coefficient (Wildman–Crippen LogP) is 1.48. The molecule has 104 valence electrons. The van der Waals surface area contributed by atoms with Gasteiger partial charge in [-0.15, -0.1) is 0 Å². The van der Waals surface area contributed by atoms with Gasteiger partial charge in [0, 0.05) is 25.6 Å². The number of aliphatic hydroxyl groups excluding tert-OH is 1. The molecule has 0 aliphatic carbocycles. The average molecular weight is 260 g/mol. The third kappa shape index (κ3) is 3.16. The second-order valence-corrected chi connectivity index (χ2v) is 5.99. The first-order chi connectivity index (χ1) is 9.33. The standard InChI is InChI=1S/C16H24N2O/c19-16-7-9-18(11-13-4-2-1-3-5-13)12-15(16)14-6-8-17-10-14/h1-5,14-17,19H,6-12H2. The van der Waals surface area contributed by atoms with Crippen LogP contribution in [0.5, 0.6) is 0 Å². The molecule has 19 heavy (non-hydrogen) atoms. The first kappa shape index (κ1) is 13.1. The largest absolute Gasteiger partial charge is 0.393 e. The molecule has 0 spiro atoms. The summed E-state index contributed by atoms with van der Waals surface area (Å²) in [6.45, 7) is 5.28. The van der Waals surface area contributed by atoms with Crippen molar-refractivity contribution in [3.05, 3.63) is 35.9 Å². The summed E-state index contributed by atoms with van der Waals surface area (Å²) in [6.07, 6.45) is 2.05. The van der Waals surface area contributed by atoms with Crippen LogP contribution in [-0.2, 0) is 6.54 Å². The molecule has 3 atom stereocenters. The van der Waals surface area contributed by atoms with E-state index in [1.165, 1.54) is 12.0 Å². The molecule has 0 bridgehead atoms. The Kier molecular flexibility index (Phi) is 4.16. The molecule has 1 aromatic rings. The van der Waals surface area contributed by atoms with Crippen molar-refractivity contribution < 1.29 is 5.11 Å². The maximum atomic E-state index is 10.3. The van der Waals surface area contributed by atoms with Gasteiger partial charge in [-0.25, -0.2) is 0 Å². The number of hydrogen-bond acceptors (Lipinski definition) is 3. The summed E-state index contributed by atoms with van der Waals surface area (Å²) in [5, 5.41) is 13.7. The summed E-state index contributed by atoms with van der Waals surface area (Å²) in [6, 6.07) is 10.7. The van der Waals surface area contributed by atoms with Crippen LogP contribution in [0.15, 0.2) is 30.3 Å². The average Bonchev–Trinajstić information content (AvgIpc) is 2.96. The highest BCUT2D eigenvalue weighted by molar-refractivity contribution is 5.14. The van der Waals surface area contributed by atoms with Crippen molar-refractivity contribution in [3.63, 3.8) is 0 Å². The van der Waals surface area contributed by atoms with Crippen LogP contribution in [-0.4, -0.2) is 42.3 Å². The summed E-state index contributed by atoms with van der Waals surface area (Å²) >= 11 is 0. The number of nitrogens with zero attached hydrogens (tertiary/aromatic N) is 1. The Labute approximate surface area is 115 Å². The number of nitrogens with one attached hydrogen (secondary N) is 1. The van der Waals surface area contributed by atoms with Crippen molar-refractivity contribution in [1.82, 2.24) is 10.2 Å². The lowest BCUT2D eigenvalue weighted by Crippen LogP contribution is -2.46. The monoisotopic (exact) mass is 260 g/mol. The van der Waals surface area contributed by atoms with Gasteiger partial charge in [0.05, 0.1) is 6.10 Å². The summed E-state index contributed by atoms with van der Waals surface area (Å²) in [4.78, 5) is 2.50. The van der Waals surface area contributed by atoms with Gasteiger partial charge in [0.2, 0.25) is 0 Å². The molecule has 1 aromatic carbocycles. The number of hydrogen-bond donors (Lipinski definition) is 2. The van der Waals surface area contributed by atoms with Crippen LogP contribution in [0.1, 0.15) is 18.4 Å². The van der Waals surface area contributed by atoms with Crippen LogP contribution in [0, 0.1) is 11.8 Å². The predicted molar refractivity (Wildman–Crippen MR) is 76.8 cm³/mol. The highest BCUT2D eigenvalue weighted by atomic mass is 16.3. The van der Waals surface area contributed by atoms with E-state index in [9.17, 15) is 5.11 Å². The van der Waals surface area contributed by atoms with Gasteiger partial charge in [-0.05, 0) is 37.4 Å². The van der Waals surface area contributed by atoms with Gasteiger partial charge in [-0.2, -0.15) is 0 Å². The molecule has 2 N–H and O–H groups in total. The zero-order valence-corrected chi connectivity index (χ0v) is 11.5. The van der Waals surface area contributed by atoms with E-state index < -0.39 is 0 Å². The molecular weight excluding hydrogens is 236 g/mol. The van der Waals surface area contributed by atoms with Crippen molar-refractivity contribution in [3.8, 4) is 0 Å². The van der Waals surface area contributed by atoms with E-state index in [0.29, 0.717) is 11.8 Å². The molecule has 0 amide bonds. The summed E-state index contributed by atoms with van der Waals surface area (Å²) in [5.74, 6) is 1.11. The molecule has 3 rings (SSSR count). The minimum Gasteiger partial charge on any atom is -0.393 e. The number of rotatable bonds is 3. The lowest BCUT2D eigenvalue weighted by molar-refractivity contribution is -0.0000642. The van der Waals surface area contributed by atoms with Crippen molar-refractivity contribution in [2.45, 2.75) is 25.5 Å². The highest BCUT2D eigenvalue weighted by Gasteiger charge is 2.34. The molecule has 0 radical (unpaired) electrons. The highest BCUT2D eigenvalue weighted by Crippen LogP contribution is 2.29. The molecule has 2 aliphatic heterocycles. The van der Waals surface area contributed by atoms with Crippen LogP contribution < -0.4 is 5.32 Å². The Morgan fingerprint density at radius 2 is 2.05 bits per heavy atom. The maximum Gasteiger partial charge on any atom is 0.0595 e. The summed E-state index contributed by atoms with van der Waals surface area (Å²) < 4.78 is 0. The maximum absolute atomic E-state index is 10.3. The fraction of sp³-hybridized carbons (Fsp3) is 0.625. The first-order valence-corrected chi connectivity index (χ1v) is 7.48. The van der Waals surface area contributed by atoms with Crippen molar-refractivity contribution in [1.29, 1.82) is 0 Å². The lowest BCUT2D eigenvalue weighted by Gasteiger charge is -2.39. The van der Waals surface area contributed by atoms with Gasteiger partial charge < -0.3 is 10.4 Å². The number of benzene rings is 1. The van der Waals surface area contributed by atoms with Gasteiger partial charge in [0.15, 0.2) is 0 Å². The fourth-order valence-electron chi connectivity index (χ4n) is 3.53. The smallest absolute Gasteiger partial charge is 0.0595 e. The third-order valence-electron chi connectivity index (χ3n) is 4.66. The fourth-order valence-corrected chi connectivity index (χ4v) is 3.53. The van der Waals surface area contributed by atoms with Gasteiger partial charge in [0.1, 0.15) is 0 Å². The lowest BCUT2D eigenvalue weighted by atomic mass is 9.82. The third-order valence-corrected chi connectivity index (χ3v) is 4.66. The van der Waals surface area contributed by atoms with Gasteiger partial charge in [0.25, 0.3) is 0 Å². The molecule has 0 aromatic heterocycles. The van der Waals surface area contributed by atoms with Crippen LogP contribution in [0.3, 0.4) is 0 Å². The van der Waals surface area contributed by atoms with E-state index in [2.05, 4.69) is 40.5 Å². The van der Waals surface area contributed by atoms with E-state index in [1.807, 2.05) is 0 Å². The van der Waals surface area contributed by atoms with Crippen molar-refractivity contribution in [2.75, 3.05) is 26.2 Å². The molecule has 3 nitrogen and oxygen atoms in total. The zero-order valence-electron chi connectivity index (χ0n) is 11.5. The van der Waals surface area contributed by atoms with Gasteiger partial charge >= 0.3 is 0 Å². The summed E-state index contributed by atoms with van der Waals surface area (Å²) in [5.41, 5.74) is 1.38. The molecule has 2 aliphatic rings. The van der Waals surface area contributed by atoms with Crippen LogP contribution in [0.25, 0.3) is 0 Å². The van der Waals surface area contributed by atoms with Gasteiger partial charge in [-0.3, -0.25) is 4.90 Å². The van der Waals surface area contributed by atoms with Crippen molar-refractivity contribution in [2.24, 2.45) is 11.8 Å². The SMILES string of the molecule is OC1CCN(Cc2ccccc2)CC1C1CCNC1. The Bertz CT molecular complexity index is 389. The Hall–Kier alpha value is -0.900. The van der Waals surface area contributed by atoms with E-state index in [1.54, 1.807) is 0 Å². The topological polar surface area (TPSA) is 35.5 Å². The second-order valence-electron chi connectivity index (χ2n) is 5.99. The molecule has 2 saturated heterocycles. The molecule has 3 heteroatoms. The minimum absolute atomic E-state index is 0.100. The molecule has 0 saturated carbocycles. The van der Waals surface area contributed by atoms with E-state index in [-0.39, 0.29) is 6.10 Å². The van der Waals surface area contributed by atoms with Gasteiger partial charge in [-0.1, -0.05) is 30.3 Å². The minimum atomic E-state index is -0.100. The normalized spacial score (nSPS) is 32.6. The van der Waals surface area contributed by atoms with Crippen LogP contribution in [0.4, 0.5) is 0 Å². The van der Waals surface area contributed by atoms with E-state index >= 15 is 0 Å². The quantitative estimate of drug-likeness (QED) is 0.864. The second kappa shape index (κ2) is 6.04.